The predicted molar refractivity (Wildman–Crippen MR) is 100 cm³/mol. The summed E-state index contributed by atoms with van der Waals surface area (Å²) in [5, 5.41) is 25.2. The third-order valence-electron chi connectivity index (χ3n) is 5.10. The van der Waals surface area contributed by atoms with Crippen molar-refractivity contribution in [2.75, 3.05) is 11.9 Å². The van der Waals surface area contributed by atoms with Crippen LogP contribution in [0.4, 0.5) is 5.82 Å². The zero-order chi connectivity index (χ0) is 18.7. The molecule has 0 saturated heterocycles. The van der Waals surface area contributed by atoms with Gasteiger partial charge in [-0.2, -0.15) is 0 Å². The molecule has 1 aliphatic carbocycles. The fourth-order valence-corrected chi connectivity index (χ4v) is 3.38. The average molecular weight is 353 g/mol. The molecule has 1 aromatic carbocycles. The Morgan fingerprint density at radius 2 is 1.77 bits per heavy atom. The van der Waals surface area contributed by atoms with Gasteiger partial charge in [0.1, 0.15) is 5.84 Å². The van der Waals surface area contributed by atoms with E-state index in [0.717, 1.165) is 29.9 Å². The van der Waals surface area contributed by atoms with Gasteiger partial charge < -0.3 is 15.7 Å². The summed E-state index contributed by atoms with van der Waals surface area (Å²) >= 11 is 0. The quantitative estimate of drug-likeness (QED) is 0.562. The van der Waals surface area contributed by atoms with Crippen LogP contribution < -0.4 is 10.6 Å². The maximum absolute atomic E-state index is 11.1. The van der Waals surface area contributed by atoms with Gasteiger partial charge in [0.25, 0.3) is 0 Å². The minimum absolute atomic E-state index is 0.0391. The molecule has 0 spiro atoms. The number of aromatic nitrogens is 2. The molecule has 1 saturated carbocycles. The average Bonchev–Trinajstić information content (AvgIpc) is 2.67. The molecule has 4 N–H and O–H groups in total. The molecule has 7 nitrogen and oxygen atoms in total. The van der Waals surface area contributed by atoms with Crippen molar-refractivity contribution in [3.05, 3.63) is 42.0 Å². The lowest BCUT2D eigenvalue weighted by atomic mass is 9.85. The largest absolute Gasteiger partial charge is 0.481 e. The number of benzene rings is 1. The van der Waals surface area contributed by atoms with Crippen molar-refractivity contribution in [2.24, 2.45) is 11.7 Å². The first-order valence-corrected chi connectivity index (χ1v) is 8.70. The number of carboxylic acids is 1. The first-order chi connectivity index (χ1) is 12.5. The summed E-state index contributed by atoms with van der Waals surface area (Å²) in [6.45, 7) is 0. The number of hydrogen-bond donors (Lipinski definition) is 3. The fourth-order valence-electron chi connectivity index (χ4n) is 3.38. The second-order valence-electron chi connectivity index (χ2n) is 6.72. The van der Waals surface area contributed by atoms with Crippen molar-refractivity contribution in [1.82, 2.24) is 10.2 Å². The van der Waals surface area contributed by atoms with Gasteiger partial charge in [-0.3, -0.25) is 10.2 Å². The molecule has 2 aromatic rings. The molecule has 1 aliphatic rings. The summed E-state index contributed by atoms with van der Waals surface area (Å²) in [5.41, 5.74) is 7.82. The number of rotatable bonds is 5. The number of carbonyl (C=O) groups is 1. The van der Waals surface area contributed by atoms with Crippen LogP contribution in [0.15, 0.2) is 36.4 Å². The van der Waals surface area contributed by atoms with Crippen molar-refractivity contribution in [1.29, 1.82) is 5.41 Å². The van der Waals surface area contributed by atoms with Crippen molar-refractivity contribution < 1.29 is 9.90 Å². The molecule has 7 heteroatoms. The Balaban J connectivity index is 1.67. The van der Waals surface area contributed by atoms with Crippen LogP contribution >= 0.6 is 0 Å². The molecule has 0 bridgehead atoms. The Morgan fingerprint density at radius 1 is 1.12 bits per heavy atom. The van der Waals surface area contributed by atoms with Crippen molar-refractivity contribution in [2.45, 2.75) is 31.7 Å². The molecule has 3 rings (SSSR count). The normalized spacial score (nSPS) is 19.7. The molecule has 0 atom stereocenters. The van der Waals surface area contributed by atoms with Crippen LogP contribution in [0.2, 0.25) is 0 Å². The summed E-state index contributed by atoms with van der Waals surface area (Å²) in [7, 11) is 1.98. The Kier molecular flexibility index (Phi) is 5.16. The second kappa shape index (κ2) is 7.51. The summed E-state index contributed by atoms with van der Waals surface area (Å²) in [6.07, 6.45) is 3.11. The van der Waals surface area contributed by atoms with Gasteiger partial charge >= 0.3 is 5.97 Å². The van der Waals surface area contributed by atoms with Crippen LogP contribution in [0.1, 0.15) is 31.2 Å². The van der Waals surface area contributed by atoms with Crippen molar-refractivity contribution >= 4 is 17.6 Å². The van der Waals surface area contributed by atoms with Gasteiger partial charge in [-0.15, -0.1) is 10.2 Å². The van der Waals surface area contributed by atoms with E-state index in [9.17, 15) is 4.79 Å². The van der Waals surface area contributed by atoms with Gasteiger partial charge in [0, 0.05) is 24.2 Å². The van der Waals surface area contributed by atoms with Crippen LogP contribution in [0, 0.1) is 11.3 Å². The van der Waals surface area contributed by atoms with Crippen LogP contribution in [-0.2, 0) is 4.79 Å². The van der Waals surface area contributed by atoms with Crippen LogP contribution in [-0.4, -0.2) is 40.2 Å². The predicted octanol–water partition coefficient (Wildman–Crippen LogP) is 2.51. The van der Waals surface area contributed by atoms with Gasteiger partial charge in [0.15, 0.2) is 5.82 Å². The Bertz CT molecular complexity index is 781. The monoisotopic (exact) mass is 353 g/mol. The molecule has 1 aromatic heterocycles. The van der Waals surface area contributed by atoms with Crippen LogP contribution in [0.25, 0.3) is 11.3 Å². The van der Waals surface area contributed by atoms with Crippen molar-refractivity contribution in [3.63, 3.8) is 0 Å². The lowest BCUT2D eigenvalue weighted by molar-refractivity contribution is -0.142. The van der Waals surface area contributed by atoms with Gasteiger partial charge in [0.05, 0.1) is 11.6 Å². The lowest BCUT2D eigenvalue weighted by Crippen LogP contribution is -2.37. The van der Waals surface area contributed by atoms with E-state index in [1.165, 1.54) is 0 Å². The van der Waals surface area contributed by atoms with Gasteiger partial charge in [-0.25, -0.2) is 0 Å². The summed E-state index contributed by atoms with van der Waals surface area (Å²) in [5.74, 6) is -0.0813. The van der Waals surface area contributed by atoms with E-state index in [0.29, 0.717) is 24.4 Å². The highest BCUT2D eigenvalue weighted by molar-refractivity contribution is 5.95. The van der Waals surface area contributed by atoms with E-state index in [1.54, 1.807) is 12.1 Å². The first kappa shape index (κ1) is 17.8. The zero-order valence-corrected chi connectivity index (χ0v) is 14.7. The number of nitrogen functional groups attached to an aromatic ring is 1. The number of nitrogens with zero attached hydrogens (tertiary/aromatic N) is 3. The molecular weight excluding hydrogens is 330 g/mol. The van der Waals surface area contributed by atoms with Crippen LogP contribution in [0.3, 0.4) is 0 Å². The Labute approximate surface area is 152 Å². The topological polar surface area (TPSA) is 116 Å². The standard InChI is InChI=1S/C19H23N5O2/c1-24(15-8-6-14(7-9-15)19(25)26)17-11-10-16(22-23-17)12-2-4-13(5-3-12)18(20)21/h2-5,10-11,14-15H,6-9H2,1H3,(H3,20,21)(H,25,26). The molecule has 0 amide bonds. The highest BCUT2D eigenvalue weighted by Gasteiger charge is 2.28. The van der Waals surface area contributed by atoms with E-state index in [2.05, 4.69) is 15.1 Å². The van der Waals surface area contributed by atoms with Gasteiger partial charge in [-0.1, -0.05) is 24.3 Å². The van der Waals surface area contributed by atoms with Gasteiger partial charge in [0.2, 0.25) is 0 Å². The SMILES string of the molecule is CN(c1ccc(-c2ccc(C(=N)N)cc2)nn1)C1CCC(C(=O)O)CC1. The maximum atomic E-state index is 11.1. The molecule has 26 heavy (non-hydrogen) atoms. The molecule has 0 radical (unpaired) electrons. The summed E-state index contributed by atoms with van der Waals surface area (Å²) < 4.78 is 0. The first-order valence-electron chi connectivity index (χ1n) is 8.70. The summed E-state index contributed by atoms with van der Waals surface area (Å²) in [4.78, 5) is 13.2. The number of anilines is 1. The van der Waals surface area contributed by atoms with E-state index in [-0.39, 0.29) is 11.8 Å². The van der Waals surface area contributed by atoms with Gasteiger partial charge in [-0.05, 0) is 37.8 Å². The second-order valence-corrected chi connectivity index (χ2v) is 6.72. The minimum Gasteiger partial charge on any atom is -0.481 e. The number of carboxylic acid groups (broad SMARTS) is 1. The van der Waals surface area contributed by atoms with E-state index in [4.69, 9.17) is 16.2 Å². The maximum Gasteiger partial charge on any atom is 0.306 e. The van der Waals surface area contributed by atoms with Crippen molar-refractivity contribution in [3.8, 4) is 11.3 Å². The van der Waals surface area contributed by atoms with Crippen LogP contribution in [0.5, 0.6) is 0 Å². The number of nitrogens with two attached hydrogens (primary N) is 1. The molecule has 1 heterocycles. The zero-order valence-electron chi connectivity index (χ0n) is 14.7. The Hall–Kier alpha value is -2.96. The number of hydrogen-bond acceptors (Lipinski definition) is 5. The molecule has 1 fully saturated rings. The third kappa shape index (κ3) is 3.82. The lowest BCUT2D eigenvalue weighted by Gasteiger charge is -2.33. The van der Waals surface area contributed by atoms with E-state index >= 15 is 0 Å². The molecule has 0 unspecified atom stereocenters. The number of amidine groups is 1. The molecule has 136 valence electrons. The van der Waals surface area contributed by atoms with E-state index < -0.39 is 5.97 Å². The number of aliphatic carboxylic acids is 1. The minimum atomic E-state index is -0.689. The molecular formula is C19H23N5O2. The fraction of sp³-hybridized carbons (Fsp3) is 0.368. The van der Waals surface area contributed by atoms with E-state index in [1.807, 2.05) is 31.3 Å². The highest BCUT2D eigenvalue weighted by atomic mass is 16.4. The summed E-state index contributed by atoms with van der Waals surface area (Å²) in [6, 6.07) is 11.5. The number of nitrogens with one attached hydrogen (secondary N) is 1. The smallest absolute Gasteiger partial charge is 0.306 e. The molecule has 0 aliphatic heterocycles. The Morgan fingerprint density at radius 3 is 2.27 bits per heavy atom. The highest BCUT2D eigenvalue weighted by Crippen LogP contribution is 2.29. The third-order valence-corrected chi connectivity index (χ3v) is 5.10.